The highest BCUT2D eigenvalue weighted by Gasteiger charge is 2.27. The van der Waals surface area contributed by atoms with Crippen molar-refractivity contribution in [3.63, 3.8) is 0 Å². The lowest BCUT2D eigenvalue weighted by Crippen LogP contribution is -2.54. The highest BCUT2D eigenvalue weighted by Crippen LogP contribution is 2.25. The van der Waals surface area contributed by atoms with Crippen LogP contribution in [0.2, 0.25) is 0 Å². The van der Waals surface area contributed by atoms with Crippen LogP contribution in [0, 0.1) is 0 Å². The molecule has 1 aliphatic heterocycles. The van der Waals surface area contributed by atoms with Gasteiger partial charge in [0.25, 0.3) is 0 Å². The van der Waals surface area contributed by atoms with Crippen LogP contribution in [0.1, 0.15) is 30.5 Å². The number of ether oxygens (including phenoxy) is 1. The van der Waals surface area contributed by atoms with Crippen LogP contribution in [0.25, 0.3) is 17.2 Å². The zero-order valence-electron chi connectivity index (χ0n) is 18.8. The van der Waals surface area contributed by atoms with E-state index in [0.717, 1.165) is 35.5 Å². The van der Waals surface area contributed by atoms with E-state index in [1.165, 1.54) is 0 Å². The summed E-state index contributed by atoms with van der Waals surface area (Å²) >= 11 is 0. The minimum Gasteiger partial charge on any atom is -0.488 e. The number of aliphatic hydroxyl groups excluding tert-OH is 3. The summed E-state index contributed by atoms with van der Waals surface area (Å²) in [5.41, 5.74) is 3.25. The molecule has 0 bridgehead atoms. The third-order valence-corrected chi connectivity index (χ3v) is 5.87. The molecule has 0 radical (unpaired) electrons. The maximum Gasteiger partial charge on any atom is 0.137 e. The topological polar surface area (TPSA) is 91.0 Å². The number of rotatable bonds is 10. The molecule has 1 saturated heterocycles. The summed E-state index contributed by atoms with van der Waals surface area (Å²) < 4.78 is 7.77. The van der Waals surface area contributed by atoms with Crippen molar-refractivity contribution in [1.82, 2.24) is 14.5 Å². The summed E-state index contributed by atoms with van der Waals surface area (Å²) in [6.45, 7) is 4.18. The quantitative estimate of drug-likeness (QED) is 0.441. The Morgan fingerprint density at radius 3 is 2.33 bits per heavy atom. The number of aliphatic hydroxyl groups is 3. The Bertz CT molecular complexity index is 1040. The molecule has 1 fully saturated rings. The van der Waals surface area contributed by atoms with Gasteiger partial charge in [0.1, 0.15) is 23.8 Å². The third kappa shape index (κ3) is 5.69. The van der Waals surface area contributed by atoms with Crippen LogP contribution in [0.15, 0.2) is 67.0 Å². The van der Waals surface area contributed by atoms with E-state index in [2.05, 4.69) is 34.1 Å². The summed E-state index contributed by atoms with van der Waals surface area (Å²) in [6.07, 6.45) is 6.76. The van der Waals surface area contributed by atoms with Gasteiger partial charge in [-0.05, 0) is 35.7 Å². The molecule has 3 aromatic rings. The molecular weight excluding hydrogens is 418 g/mol. The van der Waals surface area contributed by atoms with Crippen LogP contribution in [0.3, 0.4) is 0 Å². The van der Waals surface area contributed by atoms with Crippen molar-refractivity contribution in [2.75, 3.05) is 32.8 Å². The van der Waals surface area contributed by atoms with Crippen LogP contribution in [0.4, 0.5) is 0 Å². The standard InChI is InChI=1S/C26H31N3O4/c1-19(32)26-27-12-13-29(26)23(18-31)9-4-20-2-5-21(6-3-20)22-7-10-24(11-8-22)33-25-16-28(17-25)14-15-30/h2-13,19,23,25,30-32H,14-18H2,1H3/b9-4+/t19-,23-/m0/s1. The van der Waals surface area contributed by atoms with Gasteiger partial charge in [-0.1, -0.05) is 48.6 Å². The first-order chi connectivity index (χ1) is 16.1. The second-order valence-electron chi connectivity index (χ2n) is 8.35. The van der Waals surface area contributed by atoms with Crippen molar-refractivity contribution in [2.45, 2.75) is 25.2 Å². The molecule has 2 heterocycles. The van der Waals surface area contributed by atoms with E-state index >= 15 is 0 Å². The number of benzene rings is 2. The van der Waals surface area contributed by atoms with E-state index in [1.54, 1.807) is 23.9 Å². The van der Waals surface area contributed by atoms with Crippen molar-refractivity contribution in [1.29, 1.82) is 0 Å². The van der Waals surface area contributed by atoms with Crippen LogP contribution in [-0.4, -0.2) is 68.7 Å². The summed E-state index contributed by atoms with van der Waals surface area (Å²) in [4.78, 5) is 6.34. The summed E-state index contributed by atoms with van der Waals surface area (Å²) in [5.74, 6) is 1.39. The molecule has 2 aromatic carbocycles. The number of hydrogen-bond acceptors (Lipinski definition) is 6. The molecule has 1 aliphatic rings. The van der Waals surface area contributed by atoms with E-state index in [0.29, 0.717) is 12.4 Å². The molecule has 3 N–H and O–H groups in total. The highest BCUT2D eigenvalue weighted by atomic mass is 16.5. The van der Waals surface area contributed by atoms with Crippen LogP contribution in [0.5, 0.6) is 5.75 Å². The first-order valence-corrected chi connectivity index (χ1v) is 11.3. The normalized spacial score (nSPS) is 16.6. The SMILES string of the molecule is C[C@H](O)c1nccn1[C@@H](/C=C/c1ccc(-c2ccc(OC3CN(CCO)C3)cc2)cc1)CO. The molecule has 4 rings (SSSR count). The van der Waals surface area contributed by atoms with Gasteiger partial charge in [0.2, 0.25) is 0 Å². The lowest BCUT2D eigenvalue weighted by molar-refractivity contribution is 0.0107. The number of likely N-dealkylation sites (tertiary alicyclic amines) is 1. The second kappa shape index (κ2) is 10.8. The monoisotopic (exact) mass is 449 g/mol. The molecule has 174 valence electrons. The van der Waals surface area contributed by atoms with Gasteiger partial charge in [0, 0.05) is 32.0 Å². The largest absolute Gasteiger partial charge is 0.488 e. The smallest absolute Gasteiger partial charge is 0.137 e. The number of aromatic nitrogens is 2. The Morgan fingerprint density at radius 1 is 1.06 bits per heavy atom. The van der Waals surface area contributed by atoms with Gasteiger partial charge < -0.3 is 24.6 Å². The fourth-order valence-electron chi connectivity index (χ4n) is 4.02. The molecule has 0 saturated carbocycles. The lowest BCUT2D eigenvalue weighted by atomic mass is 10.0. The maximum absolute atomic E-state index is 9.86. The van der Waals surface area contributed by atoms with Crippen LogP contribution >= 0.6 is 0 Å². The van der Waals surface area contributed by atoms with Gasteiger partial charge in [-0.15, -0.1) is 0 Å². The lowest BCUT2D eigenvalue weighted by Gasteiger charge is -2.38. The minimum absolute atomic E-state index is 0.0839. The van der Waals surface area contributed by atoms with E-state index in [9.17, 15) is 10.2 Å². The van der Waals surface area contributed by atoms with E-state index in [1.807, 2.05) is 36.4 Å². The number of β-amino-alcohol motifs (C(OH)–C–C–N with tert-alkyl or cyclic N) is 1. The molecule has 0 aliphatic carbocycles. The molecule has 7 heteroatoms. The predicted molar refractivity (Wildman–Crippen MR) is 128 cm³/mol. The maximum atomic E-state index is 9.86. The van der Waals surface area contributed by atoms with Crippen molar-refractivity contribution in [2.24, 2.45) is 0 Å². The van der Waals surface area contributed by atoms with Crippen molar-refractivity contribution in [3.05, 3.63) is 78.4 Å². The van der Waals surface area contributed by atoms with Gasteiger partial charge in [0.15, 0.2) is 0 Å². The average molecular weight is 450 g/mol. The van der Waals surface area contributed by atoms with Gasteiger partial charge in [-0.25, -0.2) is 4.98 Å². The van der Waals surface area contributed by atoms with Crippen molar-refractivity contribution in [3.8, 4) is 16.9 Å². The Balaban J connectivity index is 1.36. The first kappa shape index (κ1) is 23.2. The van der Waals surface area contributed by atoms with Gasteiger partial charge >= 0.3 is 0 Å². The first-order valence-electron chi connectivity index (χ1n) is 11.3. The molecule has 33 heavy (non-hydrogen) atoms. The fourth-order valence-corrected chi connectivity index (χ4v) is 4.02. The zero-order chi connectivity index (χ0) is 23.2. The van der Waals surface area contributed by atoms with Gasteiger partial charge in [0.05, 0.1) is 19.3 Å². The molecule has 0 amide bonds. The van der Waals surface area contributed by atoms with Gasteiger partial charge in [-0.2, -0.15) is 0 Å². The van der Waals surface area contributed by atoms with Gasteiger partial charge in [-0.3, -0.25) is 4.90 Å². The van der Waals surface area contributed by atoms with E-state index in [4.69, 9.17) is 9.84 Å². The number of imidazole rings is 1. The van der Waals surface area contributed by atoms with E-state index in [-0.39, 0.29) is 25.4 Å². The number of nitrogens with zero attached hydrogens (tertiary/aromatic N) is 3. The Hall–Kier alpha value is -2.97. The van der Waals surface area contributed by atoms with Crippen molar-refractivity contribution < 1.29 is 20.1 Å². The summed E-state index contributed by atoms with van der Waals surface area (Å²) in [7, 11) is 0. The minimum atomic E-state index is -0.701. The summed E-state index contributed by atoms with van der Waals surface area (Å²) in [6, 6.07) is 16.0. The Morgan fingerprint density at radius 2 is 1.73 bits per heavy atom. The zero-order valence-corrected chi connectivity index (χ0v) is 18.8. The Kier molecular flexibility index (Phi) is 7.57. The average Bonchev–Trinajstić information content (AvgIpc) is 3.29. The summed E-state index contributed by atoms with van der Waals surface area (Å²) in [5, 5.41) is 28.6. The molecule has 1 aromatic heterocycles. The highest BCUT2D eigenvalue weighted by molar-refractivity contribution is 5.66. The predicted octanol–water partition coefficient (Wildman–Crippen LogP) is 2.91. The third-order valence-electron chi connectivity index (χ3n) is 5.87. The fraction of sp³-hybridized carbons (Fsp3) is 0.346. The molecule has 0 unspecified atom stereocenters. The molecule has 2 atom stereocenters. The number of hydrogen-bond donors (Lipinski definition) is 3. The van der Waals surface area contributed by atoms with Crippen molar-refractivity contribution >= 4 is 6.08 Å². The van der Waals surface area contributed by atoms with Crippen LogP contribution < -0.4 is 4.74 Å². The van der Waals surface area contributed by atoms with E-state index < -0.39 is 6.10 Å². The molecule has 0 spiro atoms. The van der Waals surface area contributed by atoms with Crippen LogP contribution in [-0.2, 0) is 0 Å². The molecular formula is C26H31N3O4. The Labute approximate surface area is 194 Å². The molecule has 7 nitrogen and oxygen atoms in total. The second-order valence-corrected chi connectivity index (χ2v) is 8.35.